The number of nitrogens with zero attached hydrogens (tertiary/aromatic N) is 2. The van der Waals surface area contributed by atoms with Gasteiger partial charge in [0.1, 0.15) is 17.2 Å². The summed E-state index contributed by atoms with van der Waals surface area (Å²) in [7, 11) is 0. The molecule has 1 aliphatic carbocycles. The highest BCUT2D eigenvalue weighted by Crippen LogP contribution is 2.29. The molecule has 2 aromatic carbocycles. The number of benzene rings is 2. The second kappa shape index (κ2) is 9.50. The number of carbonyl (C=O) groups is 2. The smallest absolute Gasteiger partial charge is 0.264 e. The van der Waals surface area contributed by atoms with Gasteiger partial charge in [-0.2, -0.15) is 0 Å². The van der Waals surface area contributed by atoms with E-state index in [-0.39, 0.29) is 36.8 Å². The van der Waals surface area contributed by atoms with Crippen LogP contribution in [0.5, 0.6) is 0 Å². The molecule has 7 heteroatoms. The maximum absolute atomic E-state index is 13.6. The first kappa shape index (κ1) is 22.5. The van der Waals surface area contributed by atoms with Crippen LogP contribution in [0.4, 0.5) is 4.39 Å². The third kappa shape index (κ3) is 4.94. The van der Waals surface area contributed by atoms with E-state index in [0.29, 0.717) is 4.88 Å². The van der Waals surface area contributed by atoms with Crippen molar-refractivity contribution in [1.82, 2.24) is 15.2 Å². The number of hydrogen-bond donors (Lipinski definition) is 1. The topological polar surface area (TPSA) is 62.3 Å². The van der Waals surface area contributed by atoms with Crippen LogP contribution in [0.3, 0.4) is 0 Å². The predicted octanol–water partition coefficient (Wildman–Crippen LogP) is 5.60. The number of aromatic nitrogens is 1. The van der Waals surface area contributed by atoms with Crippen LogP contribution < -0.4 is 5.32 Å². The average molecular weight is 476 g/mol. The lowest BCUT2D eigenvalue weighted by Gasteiger charge is -2.23. The average Bonchev–Trinajstić information content (AvgIpc) is 3.47. The van der Waals surface area contributed by atoms with Gasteiger partial charge in [-0.1, -0.05) is 37.1 Å². The Bertz CT molecular complexity index is 1360. The minimum Gasteiger partial charge on any atom is -0.352 e. The van der Waals surface area contributed by atoms with Gasteiger partial charge in [0.2, 0.25) is 5.91 Å². The van der Waals surface area contributed by atoms with E-state index >= 15 is 0 Å². The standard InChI is InChI=1S/C27H26FN3O2S/c1-17-6-9-19-13-20-14-24(34-26(20)30-23(19)12-17)27(33)31(15-18-7-10-21(28)11-8-18)16-25(32)29-22-4-2-3-5-22/h6-14,22H,2-5,15-16H2,1H3,(H,29,32). The number of pyridine rings is 1. The Balaban J connectivity index is 1.42. The molecule has 0 unspecified atom stereocenters. The SMILES string of the molecule is Cc1ccc2cc3cc(C(=O)N(CC(=O)NC4CCCC4)Cc4ccc(F)cc4)sc3nc2c1. The lowest BCUT2D eigenvalue weighted by molar-refractivity contribution is -0.122. The molecule has 5 nitrogen and oxygen atoms in total. The molecule has 0 bridgehead atoms. The first-order valence-electron chi connectivity index (χ1n) is 11.6. The molecule has 1 aliphatic rings. The molecule has 0 atom stereocenters. The third-order valence-electron chi connectivity index (χ3n) is 6.30. The van der Waals surface area contributed by atoms with E-state index in [4.69, 9.17) is 4.98 Å². The number of fused-ring (bicyclic) bond motifs is 2. The van der Waals surface area contributed by atoms with Crippen LogP contribution in [0.2, 0.25) is 0 Å². The summed E-state index contributed by atoms with van der Waals surface area (Å²) in [6, 6.07) is 16.2. The quantitative estimate of drug-likeness (QED) is 0.395. The van der Waals surface area contributed by atoms with Crippen molar-refractivity contribution in [2.45, 2.75) is 45.2 Å². The molecule has 1 saturated carbocycles. The van der Waals surface area contributed by atoms with Gasteiger partial charge >= 0.3 is 0 Å². The molecular formula is C27H26FN3O2S. The molecular weight excluding hydrogens is 449 g/mol. The van der Waals surface area contributed by atoms with E-state index in [9.17, 15) is 14.0 Å². The number of amides is 2. The molecule has 0 aliphatic heterocycles. The molecule has 2 aromatic heterocycles. The van der Waals surface area contributed by atoms with Crippen LogP contribution in [0.15, 0.2) is 54.6 Å². The Morgan fingerprint density at radius 1 is 1.06 bits per heavy atom. The largest absolute Gasteiger partial charge is 0.352 e. The summed E-state index contributed by atoms with van der Waals surface area (Å²) in [6.45, 7) is 2.20. The zero-order valence-electron chi connectivity index (χ0n) is 19.0. The number of hydrogen-bond acceptors (Lipinski definition) is 4. The minimum atomic E-state index is -0.335. The van der Waals surface area contributed by atoms with Gasteiger partial charge in [-0.3, -0.25) is 9.59 Å². The summed E-state index contributed by atoms with van der Waals surface area (Å²) in [5.41, 5.74) is 2.79. The summed E-state index contributed by atoms with van der Waals surface area (Å²) in [4.78, 5) is 33.9. The Labute approximate surface area is 201 Å². The maximum Gasteiger partial charge on any atom is 0.264 e. The molecule has 1 N–H and O–H groups in total. The summed E-state index contributed by atoms with van der Waals surface area (Å²) in [5, 5.41) is 4.99. The van der Waals surface area contributed by atoms with Gasteiger partial charge in [0, 0.05) is 23.4 Å². The van der Waals surface area contributed by atoms with Gasteiger partial charge in [0.15, 0.2) is 0 Å². The van der Waals surface area contributed by atoms with E-state index in [1.807, 2.05) is 37.3 Å². The molecule has 174 valence electrons. The van der Waals surface area contributed by atoms with Gasteiger partial charge in [-0.05, 0) is 61.2 Å². The monoisotopic (exact) mass is 475 g/mol. The molecule has 1 fully saturated rings. The van der Waals surface area contributed by atoms with E-state index in [2.05, 4.69) is 5.32 Å². The van der Waals surface area contributed by atoms with E-state index in [1.165, 1.54) is 28.4 Å². The van der Waals surface area contributed by atoms with Crippen LogP contribution in [0.25, 0.3) is 21.1 Å². The number of nitrogens with one attached hydrogen (secondary N) is 1. The number of rotatable bonds is 6. The molecule has 0 spiro atoms. The Morgan fingerprint density at radius 2 is 1.82 bits per heavy atom. The Kier molecular flexibility index (Phi) is 6.28. The zero-order chi connectivity index (χ0) is 23.7. The highest BCUT2D eigenvalue weighted by molar-refractivity contribution is 7.20. The summed E-state index contributed by atoms with van der Waals surface area (Å²) < 4.78 is 13.4. The second-order valence-electron chi connectivity index (χ2n) is 9.03. The van der Waals surface area contributed by atoms with E-state index in [1.54, 1.807) is 12.1 Å². The van der Waals surface area contributed by atoms with Crippen LogP contribution in [0.1, 0.15) is 46.5 Å². The van der Waals surface area contributed by atoms with Gasteiger partial charge < -0.3 is 10.2 Å². The van der Waals surface area contributed by atoms with E-state index < -0.39 is 0 Å². The molecule has 2 heterocycles. The van der Waals surface area contributed by atoms with Gasteiger partial charge in [0.25, 0.3) is 5.91 Å². The Hall–Kier alpha value is -3.32. The van der Waals surface area contributed by atoms with Gasteiger partial charge in [-0.15, -0.1) is 11.3 Å². The number of halogens is 1. The fourth-order valence-electron chi connectivity index (χ4n) is 4.52. The van der Waals surface area contributed by atoms with E-state index in [0.717, 1.165) is 57.9 Å². The zero-order valence-corrected chi connectivity index (χ0v) is 19.8. The molecule has 34 heavy (non-hydrogen) atoms. The van der Waals surface area contributed by atoms with Gasteiger partial charge in [-0.25, -0.2) is 9.37 Å². The van der Waals surface area contributed by atoms with Crippen molar-refractivity contribution in [1.29, 1.82) is 0 Å². The summed E-state index contributed by atoms with van der Waals surface area (Å²) in [5.74, 6) is -0.726. The minimum absolute atomic E-state index is 0.0461. The first-order chi connectivity index (χ1) is 16.4. The fraction of sp³-hybridized carbons (Fsp3) is 0.296. The van der Waals surface area contributed by atoms with Crippen molar-refractivity contribution in [2.75, 3.05) is 6.54 Å². The van der Waals surface area contributed by atoms with Crippen molar-refractivity contribution in [3.05, 3.63) is 76.4 Å². The Morgan fingerprint density at radius 3 is 2.59 bits per heavy atom. The van der Waals surface area contributed by atoms with Crippen molar-refractivity contribution >= 4 is 44.3 Å². The molecule has 2 amide bonds. The highest BCUT2D eigenvalue weighted by atomic mass is 32.1. The number of carbonyl (C=O) groups excluding carboxylic acids is 2. The van der Waals surface area contributed by atoms with Crippen LogP contribution in [-0.4, -0.2) is 34.3 Å². The van der Waals surface area contributed by atoms with Crippen molar-refractivity contribution in [3.8, 4) is 0 Å². The lowest BCUT2D eigenvalue weighted by atomic mass is 10.1. The van der Waals surface area contributed by atoms with Crippen molar-refractivity contribution in [2.24, 2.45) is 0 Å². The molecule has 4 aromatic rings. The van der Waals surface area contributed by atoms with Crippen LogP contribution in [-0.2, 0) is 11.3 Å². The van der Waals surface area contributed by atoms with Crippen molar-refractivity contribution in [3.63, 3.8) is 0 Å². The fourth-order valence-corrected chi connectivity index (χ4v) is 5.51. The highest BCUT2D eigenvalue weighted by Gasteiger charge is 2.24. The molecule has 0 saturated heterocycles. The van der Waals surface area contributed by atoms with Crippen molar-refractivity contribution < 1.29 is 14.0 Å². The van der Waals surface area contributed by atoms with Crippen LogP contribution >= 0.6 is 11.3 Å². The second-order valence-corrected chi connectivity index (χ2v) is 10.1. The summed E-state index contributed by atoms with van der Waals surface area (Å²) >= 11 is 1.33. The number of thiophene rings is 1. The number of aryl methyl sites for hydroxylation is 1. The molecule has 5 rings (SSSR count). The predicted molar refractivity (Wildman–Crippen MR) is 133 cm³/mol. The third-order valence-corrected chi connectivity index (χ3v) is 7.33. The van der Waals surface area contributed by atoms with Gasteiger partial charge in [0.05, 0.1) is 10.4 Å². The lowest BCUT2D eigenvalue weighted by Crippen LogP contribution is -2.43. The van der Waals surface area contributed by atoms with Crippen LogP contribution in [0, 0.1) is 12.7 Å². The first-order valence-corrected chi connectivity index (χ1v) is 12.4. The normalized spacial score (nSPS) is 14.1. The maximum atomic E-state index is 13.6. The molecule has 0 radical (unpaired) electrons. The summed E-state index contributed by atoms with van der Waals surface area (Å²) in [6.07, 6.45) is 4.19.